The van der Waals surface area contributed by atoms with Crippen LogP contribution >= 0.6 is 11.6 Å². The van der Waals surface area contributed by atoms with Crippen molar-refractivity contribution >= 4 is 23.3 Å². The van der Waals surface area contributed by atoms with Crippen molar-refractivity contribution in [1.82, 2.24) is 5.32 Å². The predicted octanol–water partition coefficient (Wildman–Crippen LogP) is 4.64. The number of nitrogens with one attached hydrogen (secondary N) is 1. The summed E-state index contributed by atoms with van der Waals surface area (Å²) in [5.74, 6) is 2.74. The molecule has 0 aliphatic heterocycles. The molecule has 0 aromatic heterocycles. The van der Waals surface area contributed by atoms with Crippen LogP contribution in [0.25, 0.3) is 0 Å². The van der Waals surface area contributed by atoms with Gasteiger partial charge in [0.25, 0.3) is 5.91 Å². The quantitative estimate of drug-likeness (QED) is 0.721. The maximum absolute atomic E-state index is 12.5. The van der Waals surface area contributed by atoms with Crippen molar-refractivity contribution < 1.29 is 14.3 Å². The minimum Gasteiger partial charge on any atom is -0.483 e. The van der Waals surface area contributed by atoms with Gasteiger partial charge >= 0.3 is 0 Å². The summed E-state index contributed by atoms with van der Waals surface area (Å²) in [6.45, 7) is 3.54. The SMILES string of the molecule is CC(=O)c1cc(Cl)ccc1OCC(=O)N[C@H](C)C12CC3CC(CC(C3)C1)C2. The Labute approximate surface area is 166 Å². The highest BCUT2D eigenvalue weighted by atomic mass is 35.5. The summed E-state index contributed by atoms with van der Waals surface area (Å²) in [6.07, 6.45) is 7.96. The van der Waals surface area contributed by atoms with Crippen molar-refractivity contribution in [2.75, 3.05) is 6.61 Å². The van der Waals surface area contributed by atoms with Crippen LogP contribution in [0.5, 0.6) is 5.75 Å². The largest absolute Gasteiger partial charge is 0.483 e. The average molecular weight is 390 g/mol. The molecule has 0 radical (unpaired) electrons. The van der Waals surface area contributed by atoms with E-state index in [2.05, 4.69) is 12.2 Å². The molecule has 1 atom stereocenters. The average Bonchev–Trinajstić information content (AvgIpc) is 2.59. The fraction of sp³-hybridized carbons (Fsp3) is 0.636. The van der Waals surface area contributed by atoms with Crippen molar-refractivity contribution in [3.05, 3.63) is 28.8 Å². The Kier molecular flexibility index (Phi) is 4.96. The van der Waals surface area contributed by atoms with Crippen LogP contribution in [-0.2, 0) is 4.79 Å². The summed E-state index contributed by atoms with van der Waals surface area (Å²) in [5.41, 5.74) is 0.680. The van der Waals surface area contributed by atoms with Gasteiger partial charge in [0.15, 0.2) is 12.4 Å². The second-order valence-corrected chi connectivity index (χ2v) is 9.49. The maximum Gasteiger partial charge on any atom is 0.258 e. The van der Waals surface area contributed by atoms with E-state index in [4.69, 9.17) is 16.3 Å². The number of rotatable bonds is 6. The van der Waals surface area contributed by atoms with Gasteiger partial charge in [0.2, 0.25) is 0 Å². The minimum atomic E-state index is -0.130. The number of carbonyl (C=O) groups is 2. The van der Waals surface area contributed by atoms with Gasteiger partial charge in [-0.2, -0.15) is 0 Å². The lowest BCUT2D eigenvalue weighted by Gasteiger charge is -2.59. The van der Waals surface area contributed by atoms with Crippen LogP contribution in [0.2, 0.25) is 5.02 Å². The second-order valence-electron chi connectivity index (χ2n) is 9.05. The second kappa shape index (κ2) is 7.12. The highest BCUT2D eigenvalue weighted by molar-refractivity contribution is 6.31. The Morgan fingerprint density at radius 2 is 1.78 bits per heavy atom. The highest BCUT2D eigenvalue weighted by Crippen LogP contribution is 2.61. The normalized spacial score (nSPS) is 32.2. The van der Waals surface area contributed by atoms with Crippen LogP contribution < -0.4 is 10.1 Å². The molecule has 146 valence electrons. The van der Waals surface area contributed by atoms with Gasteiger partial charge in [0.05, 0.1) is 5.56 Å². The summed E-state index contributed by atoms with van der Waals surface area (Å²) in [7, 11) is 0. The zero-order valence-electron chi connectivity index (χ0n) is 16.1. The van der Waals surface area contributed by atoms with Gasteiger partial charge in [0.1, 0.15) is 5.75 Å². The number of halogens is 1. The smallest absolute Gasteiger partial charge is 0.258 e. The van der Waals surface area contributed by atoms with Gasteiger partial charge in [-0.3, -0.25) is 9.59 Å². The standard InChI is InChI=1S/C22H28ClNO3/c1-13(25)19-8-18(23)3-4-20(19)27-12-21(26)24-14(2)22-9-15-5-16(10-22)7-17(6-15)11-22/h3-4,8,14-17H,5-7,9-12H2,1-2H3,(H,24,26)/t14-,15?,16?,17?,22?/m1/s1. The number of hydrogen-bond acceptors (Lipinski definition) is 3. The Morgan fingerprint density at radius 1 is 1.19 bits per heavy atom. The Morgan fingerprint density at radius 3 is 2.33 bits per heavy atom. The first kappa shape index (κ1) is 18.8. The summed E-state index contributed by atoms with van der Waals surface area (Å²) >= 11 is 5.96. The summed E-state index contributed by atoms with van der Waals surface area (Å²) in [4.78, 5) is 24.3. The van der Waals surface area contributed by atoms with E-state index in [0.29, 0.717) is 16.3 Å². The topological polar surface area (TPSA) is 55.4 Å². The van der Waals surface area contributed by atoms with Gasteiger partial charge in [0, 0.05) is 11.1 Å². The maximum atomic E-state index is 12.5. The molecule has 0 saturated heterocycles. The molecule has 1 aromatic carbocycles. The van der Waals surface area contributed by atoms with Gasteiger partial charge in [-0.05, 0) is 93.7 Å². The van der Waals surface area contributed by atoms with E-state index in [1.54, 1.807) is 18.2 Å². The molecular weight excluding hydrogens is 362 g/mol. The van der Waals surface area contributed by atoms with Crippen LogP contribution in [0.4, 0.5) is 0 Å². The third kappa shape index (κ3) is 3.73. The zero-order chi connectivity index (χ0) is 19.2. The number of Topliss-reactive ketones (excluding diaryl/α,β-unsaturated/α-hetero) is 1. The van der Waals surface area contributed by atoms with E-state index in [9.17, 15) is 9.59 Å². The molecule has 1 amide bonds. The Balaban J connectivity index is 1.37. The number of amides is 1. The molecule has 4 saturated carbocycles. The lowest BCUT2D eigenvalue weighted by Crippen LogP contribution is -2.56. The molecule has 4 aliphatic carbocycles. The van der Waals surface area contributed by atoms with Crippen LogP contribution in [-0.4, -0.2) is 24.3 Å². The lowest BCUT2D eigenvalue weighted by atomic mass is 9.48. The number of carbonyl (C=O) groups excluding carboxylic acids is 2. The molecule has 0 unspecified atom stereocenters. The van der Waals surface area contributed by atoms with Crippen molar-refractivity contribution in [1.29, 1.82) is 0 Å². The van der Waals surface area contributed by atoms with Crippen LogP contribution in [0.3, 0.4) is 0 Å². The number of ketones is 1. The predicted molar refractivity (Wildman–Crippen MR) is 105 cm³/mol. The monoisotopic (exact) mass is 389 g/mol. The first-order valence-corrected chi connectivity index (χ1v) is 10.4. The molecule has 4 aliphatic rings. The molecule has 4 bridgehead atoms. The number of ether oxygens (including phenoxy) is 1. The number of benzene rings is 1. The lowest BCUT2D eigenvalue weighted by molar-refractivity contribution is -0.127. The van der Waals surface area contributed by atoms with Crippen LogP contribution in [0, 0.1) is 23.2 Å². The Hall–Kier alpha value is -1.55. The Bertz CT molecular complexity index is 725. The van der Waals surface area contributed by atoms with Crippen molar-refractivity contribution in [2.45, 2.75) is 58.4 Å². The van der Waals surface area contributed by atoms with Gasteiger partial charge in [-0.1, -0.05) is 11.6 Å². The van der Waals surface area contributed by atoms with Gasteiger partial charge < -0.3 is 10.1 Å². The molecule has 1 aromatic rings. The van der Waals surface area contributed by atoms with E-state index in [1.165, 1.54) is 45.4 Å². The highest BCUT2D eigenvalue weighted by Gasteiger charge is 2.53. The molecule has 4 fully saturated rings. The minimum absolute atomic E-state index is 0.0847. The summed E-state index contributed by atoms with van der Waals surface area (Å²) in [6, 6.07) is 5.06. The van der Waals surface area contributed by atoms with E-state index >= 15 is 0 Å². The van der Waals surface area contributed by atoms with E-state index < -0.39 is 0 Å². The first-order chi connectivity index (χ1) is 12.8. The van der Waals surface area contributed by atoms with Crippen LogP contribution in [0.1, 0.15) is 62.7 Å². The van der Waals surface area contributed by atoms with Gasteiger partial charge in [-0.15, -0.1) is 0 Å². The molecule has 27 heavy (non-hydrogen) atoms. The number of hydrogen-bond donors (Lipinski definition) is 1. The molecule has 5 rings (SSSR count). The zero-order valence-corrected chi connectivity index (χ0v) is 16.8. The van der Waals surface area contributed by atoms with Gasteiger partial charge in [-0.25, -0.2) is 0 Å². The molecule has 1 N–H and O–H groups in total. The fourth-order valence-electron chi connectivity index (χ4n) is 6.19. The van der Waals surface area contributed by atoms with E-state index in [0.717, 1.165) is 17.8 Å². The fourth-order valence-corrected chi connectivity index (χ4v) is 6.36. The van der Waals surface area contributed by atoms with Crippen LogP contribution in [0.15, 0.2) is 18.2 Å². The third-order valence-corrected chi connectivity index (χ3v) is 7.30. The van der Waals surface area contributed by atoms with Crippen molar-refractivity contribution in [3.8, 4) is 5.75 Å². The molecule has 0 heterocycles. The molecule has 5 heteroatoms. The van der Waals surface area contributed by atoms with E-state index in [1.807, 2.05) is 0 Å². The molecule has 4 nitrogen and oxygen atoms in total. The molecular formula is C22H28ClNO3. The third-order valence-electron chi connectivity index (χ3n) is 7.06. The summed E-state index contributed by atoms with van der Waals surface area (Å²) in [5, 5.41) is 3.67. The molecule has 0 spiro atoms. The van der Waals surface area contributed by atoms with Crippen molar-refractivity contribution in [2.24, 2.45) is 23.2 Å². The summed E-state index contributed by atoms with van der Waals surface area (Å²) < 4.78 is 5.64. The first-order valence-electron chi connectivity index (χ1n) is 10.1. The van der Waals surface area contributed by atoms with Crippen molar-refractivity contribution in [3.63, 3.8) is 0 Å². The van der Waals surface area contributed by atoms with E-state index in [-0.39, 0.29) is 29.8 Å².